The molecule has 7 heteroatoms. The van der Waals surface area contributed by atoms with Crippen molar-refractivity contribution in [2.24, 2.45) is 18.4 Å². The van der Waals surface area contributed by atoms with Crippen molar-refractivity contribution in [2.45, 2.75) is 26.7 Å². The largest absolute Gasteiger partial charge is 0.478 e. The van der Waals surface area contributed by atoms with Gasteiger partial charge in [0.15, 0.2) is 0 Å². The molecule has 0 unspecified atom stereocenters. The van der Waals surface area contributed by atoms with Gasteiger partial charge in [0.2, 0.25) is 0 Å². The minimum Gasteiger partial charge on any atom is -0.478 e. The topological polar surface area (TPSA) is 77.4 Å². The molecule has 0 aromatic carbocycles. The smallest absolute Gasteiger partial charge is 0.319 e. The number of amides is 2. The summed E-state index contributed by atoms with van der Waals surface area (Å²) in [5.41, 5.74) is 0.603. The van der Waals surface area contributed by atoms with Crippen LogP contribution in [0.15, 0.2) is 6.20 Å². The molecule has 0 radical (unpaired) electrons. The molecule has 22 heavy (non-hydrogen) atoms. The number of carbonyl (C=O) groups excluding carboxylic acids is 1. The zero-order chi connectivity index (χ0) is 16.2. The first-order chi connectivity index (χ1) is 10.4. The molecule has 7 nitrogen and oxygen atoms in total. The van der Waals surface area contributed by atoms with Crippen LogP contribution in [0.1, 0.15) is 26.7 Å². The van der Waals surface area contributed by atoms with E-state index in [1.54, 1.807) is 17.9 Å². The van der Waals surface area contributed by atoms with E-state index < -0.39 is 0 Å². The predicted octanol–water partition coefficient (Wildman–Crippen LogP) is 2.00. The van der Waals surface area contributed by atoms with Crippen LogP contribution < -0.4 is 15.4 Å². The summed E-state index contributed by atoms with van der Waals surface area (Å²) in [6, 6.07) is -0.244. The number of aromatic nitrogens is 2. The van der Waals surface area contributed by atoms with E-state index >= 15 is 0 Å². The maximum absolute atomic E-state index is 12.1. The minimum atomic E-state index is -0.244. The normalized spacial score (nSPS) is 16.4. The van der Waals surface area contributed by atoms with Crippen LogP contribution in [-0.4, -0.2) is 42.7 Å². The molecule has 124 valence electrons. The number of nitrogens with zero attached hydrogens (tertiary/aromatic N) is 2. The van der Waals surface area contributed by atoms with Crippen molar-refractivity contribution in [2.75, 3.05) is 32.2 Å². The second-order valence-corrected chi connectivity index (χ2v) is 6.41. The Labute approximate surface area is 131 Å². The lowest BCUT2D eigenvalue weighted by atomic mass is 9.74. The third-order valence-electron chi connectivity index (χ3n) is 4.27. The number of carbonyl (C=O) groups is 1. The second-order valence-electron chi connectivity index (χ2n) is 6.41. The molecule has 1 aliphatic rings. The number of aryl methyl sites for hydroxylation is 1. The summed E-state index contributed by atoms with van der Waals surface area (Å²) in [6.45, 7) is 6.62. The average molecular weight is 310 g/mol. The lowest BCUT2D eigenvalue weighted by molar-refractivity contribution is 0.0238. The van der Waals surface area contributed by atoms with E-state index in [1.165, 1.54) is 7.11 Å². The van der Waals surface area contributed by atoms with Crippen LogP contribution in [0.5, 0.6) is 5.88 Å². The molecule has 0 bridgehead atoms. The van der Waals surface area contributed by atoms with Gasteiger partial charge in [-0.2, -0.15) is 0 Å². The molecule has 0 saturated carbocycles. The number of hydrogen-bond donors (Lipinski definition) is 2. The second kappa shape index (κ2) is 7.00. The zero-order valence-electron chi connectivity index (χ0n) is 13.8. The number of urea groups is 1. The van der Waals surface area contributed by atoms with E-state index in [0.29, 0.717) is 24.0 Å². The van der Waals surface area contributed by atoms with Gasteiger partial charge in [-0.3, -0.25) is 4.68 Å². The standard InChI is InChI=1S/C15H26N4O3/c1-15(2,11-5-7-22-8-6-11)10-16-14(20)17-12-9-19(3)18-13(12)21-4/h9,11H,5-8,10H2,1-4H3,(H2,16,17,20). The molecule has 2 heterocycles. The number of hydrogen-bond acceptors (Lipinski definition) is 4. The summed E-state index contributed by atoms with van der Waals surface area (Å²) >= 11 is 0. The fourth-order valence-corrected chi connectivity index (χ4v) is 2.80. The summed E-state index contributed by atoms with van der Waals surface area (Å²) in [7, 11) is 3.31. The van der Waals surface area contributed by atoms with Crippen LogP contribution in [0.4, 0.5) is 10.5 Å². The van der Waals surface area contributed by atoms with Gasteiger partial charge in [0.25, 0.3) is 5.88 Å². The first-order valence-electron chi connectivity index (χ1n) is 7.62. The van der Waals surface area contributed by atoms with Crippen molar-refractivity contribution < 1.29 is 14.3 Å². The van der Waals surface area contributed by atoms with Crippen LogP contribution in [-0.2, 0) is 11.8 Å². The highest BCUT2D eigenvalue weighted by atomic mass is 16.5. The SMILES string of the molecule is COc1nn(C)cc1NC(=O)NCC(C)(C)C1CCOCC1. The molecule has 1 aliphatic heterocycles. The number of nitrogens with one attached hydrogen (secondary N) is 2. The molecule has 0 atom stereocenters. The molecule has 1 aromatic heterocycles. The van der Waals surface area contributed by atoms with E-state index in [1.807, 2.05) is 0 Å². The molecule has 1 saturated heterocycles. The van der Waals surface area contributed by atoms with Gasteiger partial charge in [0.1, 0.15) is 5.69 Å². The minimum absolute atomic E-state index is 0.0418. The van der Waals surface area contributed by atoms with Gasteiger partial charge in [-0.15, -0.1) is 5.10 Å². The summed E-state index contributed by atoms with van der Waals surface area (Å²) in [4.78, 5) is 12.1. The van der Waals surface area contributed by atoms with E-state index in [4.69, 9.17) is 9.47 Å². The Kier molecular flexibility index (Phi) is 5.28. The van der Waals surface area contributed by atoms with E-state index in [0.717, 1.165) is 26.1 Å². The Bertz CT molecular complexity index is 507. The van der Waals surface area contributed by atoms with Crippen LogP contribution >= 0.6 is 0 Å². The average Bonchev–Trinajstić information content (AvgIpc) is 2.86. The van der Waals surface area contributed by atoms with Crippen molar-refractivity contribution in [1.82, 2.24) is 15.1 Å². The van der Waals surface area contributed by atoms with Crippen molar-refractivity contribution in [3.05, 3.63) is 6.20 Å². The maximum Gasteiger partial charge on any atom is 0.319 e. The predicted molar refractivity (Wildman–Crippen MR) is 84.1 cm³/mol. The Morgan fingerprint density at radius 1 is 1.50 bits per heavy atom. The summed E-state index contributed by atoms with van der Waals surface area (Å²) in [5, 5.41) is 9.82. The number of rotatable bonds is 5. The molecule has 2 N–H and O–H groups in total. The Hall–Kier alpha value is -1.76. The summed E-state index contributed by atoms with van der Waals surface area (Å²) in [5.74, 6) is 0.968. The van der Waals surface area contributed by atoms with Crippen LogP contribution in [0, 0.1) is 11.3 Å². The van der Waals surface area contributed by atoms with Crippen LogP contribution in [0.3, 0.4) is 0 Å². The lowest BCUT2D eigenvalue weighted by Gasteiger charge is -2.37. The first-order valence-corrected chi connectivity index (χ1v) is 7.62. The van der Waals surface area contributed by atoms with E-state index in [2.05, 4.69) is 29.6 Å². The van der Waals surface area contributed by atoms with Crippen molar-refractivity contribution in [1.29, 1.82) is 0 Å². The van der Waals surface area contributed by atoms with Crippen molar-refractivity contribution in [3.8, 4) is 5.88 Å². The van der Waals surface area contributed by atoms with Gasteiger partial charge in [0.05, 0.1) is 13.3 Å². The van der Waals surface area contributed by atoms with Gasteiger partial charge in [-0.05, 0) is 24.2 Å². The number of methoxy groups -OCH3 is 1. The Balaban J connectivity index is 1.86. The quantitative estimate of drug-likeness (QED) is 0.872. The highest BCUT2D eigenvalue weighted by molar-refractivity contribution is 5.90. The van der Waals surface area contributed by atoms with Gasteiger partial charge in [-0.1, -0.05) is 13.8 Å². The first kappa shape index (κ1) is 16.6. The maximum atomic E-state index is 12.1. The lowest BCUT2D eigenvalue weighted by Crippen LogP contribution is -2.42. The fraction of sp³-hybridized carbons (Fsp3) is 0.733. The molecule has 2 rings (SSSR count). The third kappa shape index (κ3) is 4.13. The van der Waals surface area contributed by atoms with Gasteiger partial charge in [-0.25, -0.2) is 4.79 Å². The molecular weight excluding hydrogens is 284 g/mol. The third-order valence-corrected chi connectivity index (χ3v) is 4.27. The monoisotopic (exact) mass is 310 g/mol. The molecule has 1 fully saturated rings. The van der Waals surface area contributed by atoms with Crippen molar-refractivity contribution in [3.63, 3.8) is 0 Å². The van der Waals surface area contributed by atoms with Gasteiger partial charge in [0, 0.05) is 26.8 Å². The fourth-order valence-electron chi connectivity index (χ4n) is 2.80. The molecule has 1 aromatic rings. The van der Waals surface area contributed by atoms with E-state index in [9.17, 15) is 4.79 Å². The van der Waals surface area contributed by atoms with Crippen LogP contribution in [0.25, 0.3) is 0 Å². The number of anilines is 1. The Morgan fingerprint density at radius 3 is 2.82 bits per heavy atom. The molecule has 2 amide bonds. The van der Waals surface area contributed by atoms with Gasteiger partial charge < -0.3 is 20.1 Å². The number of ether oxygens (including phenoxy) is 2. The van der Waals surface area contributed by atoms with Crippen LogP contribution in [0.2, 0.25) is 0 Å². The summed E-state index contributed by atoms with van der Waals surface area (Å²) < 4.78 is 12.1. The van der Waals surface area contributed by atoms with Crippen molar-refractivity contribution >= 4 is 11.7 Å². The summed E-state index contributed by atoms with van der Waals surface area (Å²) in [6.07, 6.45) is 3.81. The highest BCUT2D eigenvalue weighted by Gasteiger charge is 2.31. The molecule has 0 spiro atoms. The highest BCUT2D eigenvalue weighted by Crippen LogP contribution is 2.33. The zero-order valence-corrected chi connectivity index (χ0v) is 13.8. The Morgan fingerprint density at radius 2 is 2.18 bits per heavy atom. The molecular formula is C15H26N4O3. The molecule has 0 aliphatic carbocycles. The van der Waals surface area contributed by atoms with Gasteiger partial charge >= 0.3 is 6.03 Å². The van der Waals surface area contributed by atoms with E-state index in [-0.39, 0.29) is 11.4 Å².